The van der Waals surface area contributed by atoms with Gasteiger partial charge in [-0.25, -0.2) is 0 Å². The van der Waals surface area contributed by atoms with Crippen LogP contribution in [-0.4, -0.2) is 85.4 Å². The zero-order valence-electron chi connectivity index (χ0n) is 20.4. The number of unbranched alkanes of at least 4 members (excludes halogenated alkanes) is 2. The average molecular weight is 558 g/mol. The predicted molar refractivity (Wildman–Crippen MR) is 138 cm³/mol. The number of ether oxygens (including phenoxy) is 1. The second-order valence-electron chi connectivity index (χ2n) is 10.3. The lowest BCUT2D eigenvalue weighted by Crippen LogP contribution is -2.59. The summed E-state index contributed by atoms with van der Waals surface area (Å²) in [7, 11) is 0. The molecule has 0 radical (unpaired) electrons. The van der Waals surface area contributed by atoms with Crippen molar-refractivity contribution in [2.24, 2.45) is 11.8 Å². The van der Waals surface area contributed by atoms with Crippen molar-refractivity contribution in [2.75, 3.05) is 26.3 Å². The van der Waals surface area contributed by atoms with Crippen molar-refractivity contribution >= 4 is 45.5 Å². The van der Waals surface area contributed by atoms with Crippen LogP contribution in [0, 0.1) is 11.8 Å². The molecule has 0 aromatic carbocycles. The van der Waals surface area contributed by atoms with E-state index in [1.165, 1.54) is 6.08 Å². The van der Waals surface area contributed by atoms with Gasteiger partial charge in [-0.15, -0.1) is 18.3 Å². The number of aliphatic hydroxyl groups is 1. The fourth-order valence-corrected chi connectivity index (χ4v) is 9.29. The highest BCUT2D eigenvalue weighted by Gasteiger charge is 2.76. The number of fused-ring (bicyclic) bond motifs is 1. The van der Waals surface area contributed by atoms with E-state index in [1.54, 1.807) is 27.6 Å². The fraction of sp³-hybridized carbons (Fsp3) is 0.720. The lowest BCUT2D eigenvalue weighted by molar-refractivity contribution is -0.153. The number of nitrogens with zero attached hydrogens (tertiary/aromatic N) is 2. The normalized spacial score (nSPS) is 32.0. The number of halogens is 1. The lowest BCUT2D eigenvalue weighted by atomic mass is 9.71. The van der Waals surface area contributed by atoms with Crippen LogP contribution in [-0.2, 0) is 19.1 Å². The highest BCUT2D eigenvalue weighted by atomic mass is 79.9. The van der Waals surface area contributed by atoms with E-state index in [0.29, 0.717) is 32.4 Å². The molecule has 3 rings (SSSR count). The van der Waals surface area contributed by atoms with E-state index < -0.39 is 34.1 Å². The van der Waals surface area contributed by atoms with E-state index >= 15 is 0 Å². The number of hydrogen-bond acceptors (Lipinski definition) is 6. The first-order chi connectivity index (χ1) is 16.0. The third kappa shape index (κ3) is 4.72. The van der Waals surface area contributed by atoms with Crippen LogP contribution in [0.1, 0.15) is 46.5 Å². The number of aliphatic hydroxyl groups excluding tert-OH is 1. The van der Waals surface area contributed by atoms with Gasteiger partial charge in [-0.1, -0.05) is 34.7 Å². The second kappa shape index (κ2) is 10.7. The number of carbonyl (C=O) groups excluding carboxylic acids is 3. The highest BCUT2D eigenvalue weighted by Crippen LogP contribution is 2.68. The number of carbonyl (C=O) groups is 3. The molecule has 3 saturated heterocycles. The van der Waals surface area contributed by atoms with Gasteiger partial charge in [0.1, 0.15) is 12.6 Å². The molecule has 0 saturated carbocycles. The largest absolute Gasteiger partial charge is 0.461 e. The van der Waals surface area contributed by atoms with Gasteiger partial charge in [0.25, 0.3) is 0 Å². The van der Waals surface area contributed by atoms with Crippen LogP contribution in [0.4, 0.5) is 0 Å². The van der Waals surface area contributed by atoms with Crippen LogP contribution in [0.15, 0.2) is 25.3 Å². The molecule has 1 N–H and O–H groups in total. The summed E-state index contributed by atoms with van der Waals surface area (Å²) in [5.74, 6) is -1.82. The van der Waals surface area contributed by atoms with Gasteiger partial charge in [0, 0.05) is 35.3 Å². The summed E-state index contributed by atoms with van der Waals surface area (Å²) in [6.07, 6.45) is 5.97. The third-order valence-corrected chi connectivity index (χ3v) is 10.3. The monoisotopic (exact) mass is 556 g/mol. The van der Waals surface area contributed by atoms with E-state index in [9.17, 15) is 14.4 Å². The van der Waals surface area contributed by atoms with Crippen molar-refractivity contribution in [3.8, 4) is 0 Å². The Morgan fingerprint density at radius 1 is 1.29 bits per heavy atom. The van der Waals surface area contributed by atoms with Crippen molar-refractivity contribution in [2.45, 2.75) is 72.9 Å². The minimum Gasteiger partial charge on any atom is -0.461 e. The SMILES string of the molecule is C=CCOC(=O)[C@H]1[C@@H]2SC3(CC2Br)C(C(=O)N(CC=C)C(C)(C)C)N(CCCCCO)C(=O)[C@H]13. The zero-order chi connectivity index (χ0) is 25.3. The van der Waals surface area contributed by atoms with Gasteiger partial charge in [0.15, 0.2) is 0 Å². The number of esters is 1. The Labute approximate surface area is 215 Å². The van der Waals surface area contributed by atoms with Crippen LogP contribution in [0.2, 0.25) is 0 Å². The van der Waals surface area contributed by atoms with E-state index in [1.807, 2.05) is 20.8 Å². The number of thioether (sulfide) groups is 1. The number of hydrogen-bond donors (Lipinski definition) is 1. The molecule has 7 nitrogen and oxygen atoms in total. The Morgan fingerprint density at radius 2 is 2.00 bits per heavy atom. The van der Waals surface area contributed by atoms with E-state index in [-0.39, 0.29) is 35.1 Å². The molecular formula is C25H37BrN2O5S. The Morgan fingerprint density at radius 3 is 2.59 bits per heavy atom. The molecule has 34 heavy (non-hydrogen) atoms. The quantitative estimate of drug-likeness (QED) is 0.182. The molecule has 6 atom stereocenters. The summed E-state index contributed by atoms with van der Waals surface area (Å²) in [6.45, 7) is 14.4. The van der Waals surface area contributed by atoms with Crippen LogP contribution in [0.3, 0.4) is 0 Å². The van der Waals surface area contributed by atoms with Gasteiger partial charge in [-0.05, 0) is 46.5 Å². The second-order valence-corrected chi connectivity index (χ2v) is 13.0. The van der Waals surface area contributed by atoms with Crippen molar-refractivity contribution < 1.29 is 24.2 Å². The summed E-state index contributed by atoms with van der Waals surface area (Å²) in [5, 5.41) is 9.04. The number of alkyl halides is 1. The van der Waals surface area contributed by atoms with Crippen LogP contribution in [0.25, 0.3) is 0 Å². The van der Waals surface area contributed by atoms with E-state index in [0.717, 1.165) is 6.42 Å². The third-order valence-electron chi connectivity index (χ3n) is 7.08. The standard InChI is InChI=1S/C25H37BrN2O5S/c1-6-11-28(24(3,4)5)22(31)20-25-15-16(26)19(34-25)17(23(32)33-14-7-2)18(25)21(30)27(20)12-9-8-10-13-29/h6-7,16-20,29H,1-2,8-15H2,3-5H3/t16?,17-,18+,19-,20?,25?/m1/s1. The van der Waals surface area contributed by atoms with Crippen LogP contribution < -0.4 is 0 Å². The number of amides is 2. The molecule has 2 amide bonds. The molecule has 3 unspecified atom stereocenters. The fourth-order valence-electron chi connectivity index (χ4n) is 5.70. The molecule has 3 aliphatic heterocycles. The summed E-state index contributed by atoms with van der Waals surface area (Å²) < 4.78 is 4.73. The van der Waals surface area contributed by atoms with E-state index in [4.69, 9.17) is 9.84 Å². The molecule has 3 fully saturated rings. The molecule has 0 aliphatic carbocycles. The molecule has 3 heterocycles. The van der Waals surface area contributed by atoms with Gasteiger partial charge >= 0.3 is 5.97 Å². The topological polar surface area (TPSA) is 87.2 Å². The summed E-state index contributed by atoms with van der Waals surface area (Å²) in [6, 6.07) is -0.662. The lowest BCUT2D eigenvalue weighted by Gasteiger charge is -2.42. The molecule has 2 bridgehead atoms. The Balaban J connectivity index is 2.03. The molecule has 190 valence electrons. The highest BCUT2D eigenvalue weighted by molar-refractivity contribution is 9.09. The van der Waals surface area contributed by atoms with Gasteiger partial charge in [0.05, 0.1) is 16.6 Å². The van der Waals surface area contributed by atoms with Crippen LogP contribution >= 0.6 is 27.7 Å². The maximum Gasteiger partial charge on any atom is 0.311 e. The van der Waals surface area contributed by atoms with Crippen LogP contribution in [0.5, 0.6) is 0 Å². The minimum absolute atomic E-state index is 0.00922. The first kappa shape index (κ1) is 27.3. The van der Waals surface area contributed by atoms with Crippen molar-refractivity contribution in [3.05, 3.63) is 25.3 Å². The molecule has 9 heteroatoms. The summed E-state index contributed by atoms with van der Waals surface area (Å²) in [4.78, 5) is 44.7. The Kier molecular flexibility index (Phi) is 8.62. The zero-order valence-corrected chi connectivity index (χ0v) is 22.8. The number of rotatable bonds is 11. The van der Waals surface area contributed by atoms with Gasteiger partial charge < -0.3 is 19.6 Å². The predicted octanol–water partition coefficient (Wildman–Crippen LogP) is 3.16. The van der Waals surface area contributed by atoms with Gasteiger partial charge in [-0.2, -0.15) is 0 Å². The van der Waals surface area contributed by atoms with Gasteiger partial charge in [0.2, 0.25) is 11.8 Å². The van der Waals surface area contributed by atoms with Gasteiger partial charge in [-0.3, -0.25) is 14.4 Å². The number of likely N-dealkylation sites (tertiary alicyclic amines) is 1. The Bertz CT molecular complexity index is 831. The molecular weight excluding hydrogens is 520 g/mol. The van der Waals surface area contributed by atoms with Crippen molar-refractivity contribution in [3.63, 3.8) is 0 Å². The molecule has 1 spiro atoms. The maximum atomic E-state index is 14.2. The molecule has 3 aliphatic rings. The van der Waals surface area contributed by atoms with Crippen molar-refractivity contribution in [1.29, 1.82) is 0 Å². The summed E-state index contributed by atoms with van der Waals surface area (Å²) in [5.41, 5.74) is -0.455. The molecule has 0 aromatic heterocycles. The summed E-state index contributed by atoms with van der Waals surface area (Å²) >= 11 is 5.37. The first-order valence-corrected chi connectivity index (χ1v) is 13.8. The van der Waals surface area contributed by atoms with E-state index in [2.05, 4.69) is 29.1 Å². The average Bonchev–Trinajstić information content (AvgIpc) is 3.35. The molecule has 0 aromatic rings. The first-order valence-electron chi connectivity index (χ1n) is 12.0. The maximum absolute atomic E-state index is 14.2. The smallest absolute Gasteiger partial charge is 0.311 e. The van der Waals surface area contributed by atoms with Crippen molar-refractivity contribution in [1.82, 2.24) is 9.80 Å². The Hall–Kier alpha value is -1.32. The minimum atomic E-state index is -0.688.